The van der Waals surface area contributed by atoms with E-state index in [1.165, 1.54) is 19.0 Å². The Morgan fingerprint density at radius 2 is 2.12 bits per heavy atom. The van der Waals surface area contributed by atoms with E-state index in [-0.39, 0.29) is 31.3 Å². The fourth-order valence-corrected chi connectivity index (χ4v) is 3.57. The van der Waals surface area contributed by atoms with Gasteiger partial charge in [-0.25, -0.2) is 9.11 Å². The zero-order valence-corrected chi connectivity index (χ0v) is 16.8. The molecule has 1 fully saturated rings. The third-order valence-electron chi connectivity index (χ3n) is 4.52. The Morgan fingerprint density at radius 3 is 2.65 bits per heavy atom. The van der Waals surface area contributed by atoms with Crippen molar-refractivity contribution in [3.05, 3.63) is 17.5 Å². The van der Waals surface area contributed by atoms with E-state index in [0.29, 0.717) is 12.2 Å². The zero-order chi connectivity index (χ0) is 19.6. The van der Waals surface area contributed by atoms with Gasteiger partial charge in [-0.15, -0.1) is 0 Å². The molecule has 1 N–H and O–H groups in total. The second-order valence-electron chi connectivity index (χ2n) is 7.01. The summed E-state index contributed by atoms with van der Waals surface area (Å²) in [6.45, 7) is 6.33. The zero-order valence-electron chi connectivity index (χ0n) is 15.9. The molecule has 148 valence electrons. The van der Waals surface area contributed by atoms with Gasteiger partial charge >= 0.3 is 0 Å². The van der Waals surface area contributed by atoms with Crippen LogP contribution >= 0.6 is 0 Å². The normalized spacial score (nSPS) is 21.2. The van der Waals surface area contributed by atoms with E-state index >= 15 is 0 Å². The second kappa shape index (κ2) is 8.01. The highest BCUT2D eigenvalue weighted by molar-refractivity contribution is 7.87. The number of alkyl halides is 1. The van der Waals surface area contributed by atoms with Crippen LogP contribution in [0.1, 0.15) is 49.3 Å². The SMILES string of the molecule is CCn1nc(C(C)C)cc1C(=O)N1CC(F)CC1CNS(=O)(=O)N(C)C. The van der Waals surface area contributed by atoms with Crippen LogP contribution in [0, 0.1) is 0 Å². The summed E-state index contributed by atoms with van der Waals surface area (Å²) in [5, 5.41) is 4.43. The number of likely N-dealkylation sites (tertiary alicyclic amines) is 1. The average molecular weight is 389 g/mol. The van der Waals surface area contributed by atoms with E-state index in [1.54, 1.807) is 10.7 Å². The number of aryl methyl sites for hydroxylation is 1. The number of nitrogens with one attached hydrogen (secondary N) is 1. The molecule has 2 heterocycles. The number of hydrogen-bond donors (Lipinski definition) is 1. The number of aromatic nitrogens is 2. The van der Waals surface area contributed by atoms with E-state index in [1.807, 2.05) is 20.8 Å². The van der Waals surface area contributed by atoms with Crippen LogP contribution in [0.15, 0.2) is 6.07 Å². The van der Waals surface area contributed by atoms with Crippen LogP contribution in [-0.2, 0) is 16.8 Å². The van der Waals surface area contributed by atoms with Crippen molar-refractivity contribution in [3.63, 3.8) is 0 Å². The number of halogens is 1. The number of carbonyl (C=O) groups excluding carboxylic acids is 1. The van der Waals surface area contributed by atoms with E-state index in [4.69, 9.17) is 0 Å². The summed E-state index contributed by atoms with van der Waals surface area (Å²) in [6.07, 6.45) is -1.06. The quantitative estimate of drug-likeness (QED) is 0.753. The summed E-state index contributed by atoms with van der Waals surface area (Å²) in [6, 6.07) is 1.21. The fraction of sp³-hybridized carbons (Fsp3) is 0.750. The third kappa shape index (κ3) is 4.41. The molecule has 2 atom stereocenters. The first-order valence-corrected chi connectivity index (χ1v) is 10.2. The first-order valence-electron chi connectivity index (χ1n) is 8.76. The van der Waals surface area contributed by atoms with E-state index in [2.05, 4.69) is 9.82 Å². The number of amides is 1. The summed E-state index contributed by atoms with van der Waals surface area (Å²) < 4.78 is 42.9. The molecule has 1 aromatic heterocycles. The van der Waals surface area contributed by atoms with Crippen molar-refractivity contribution < 1.29 is 17.6 Å². The number of carbonyl (C=O) groups is 1. The van der Waals surface area contributed by atoms with Gasteiger partial charge < -0.3 is 4.90 Å². The molecule has 0 saturated carbocycles. The number of hydrogen-bond acceptors (Lipinski definition) is 4. The maximum Gasteiger partial charge on any atom is 0.279 e. The summed E-state index contributed by atoms with van der Waals surface area (Å²) in [5.41, 5.74) is 1.21. The standard InChI is InChI=1S/C16H28FN5O3S/c1-6-22-15(8-14(19-22)11(2)3)16(23)21-10-12(17)7-13(21)9-18-26(24,25)20(4)5/h8,11-13,18H,6-7,9-10H2,1-5H3. The molecule has 1 saturated heterocycles. The first-order chi connectivity index (χ1) is 12.1. The van der Waals surface area contributed by atoms with Gasteiger partial charge in [0.15, 0.2) is 0 Å². The van der Waals surface area contributed by atoms with Gasteiger partial charge in [0.25, 0.3) is 16.1 Å². The van der Waals surface area contributed by atoms with Crippen molar-refractivity contribution in [3.8, 4) is 0 Å². The van der Waals surface area contributed by atoms with Gasteiger partial charge in [0.1, 0.15) is 11.9 Å². The van der Waals surface area contributed by atoms with Gasteiger partial charge in [0, 0.05) is 39.6 Å². The topological polar surface area (TPSA) is 87.5 Å². The fourth-order valence-electron chi connectivity index (χ4n) is 2.91. The Morgan fingerprint density at radius 1 is 1.46 bits per heavy atom. The van der Waals surface area contributed by atoms with Crippen molar-refractivity contribution in [2.75, 3.05) is 27.2 Å². The van der Waals surface area contributed by atoms with Crippen molar-refractivity contribution in [2.45, 2.75) is 51.9 Å². The molecular weight excluding hydrogens is 361 g/mol. The largest absolute Gasteiger partial charge is 0.330 e. The van der Waals surface area contributed by atoms with Gasteiger partial charge in [0.2, 0.25) is 0 Å². The highest BCUT2D eigenvalue weighted by atomic mass is 32.2. The van der Waals surface area contributed by atoms with Crippen LogP contribution in [-0.4, -0.2) is 72.7 Å². The molecule has 1 aliphatic rings. The highest BCUT2D eigenvalue weighted by Crippen LogP contribution is 2.24. The van der Waals surface area contributed by atoms with Gasteiger partial charge in [-0.1, -0.05) is 13.8 Å². The molecule has 0 bridgehead atoms. The Kier molecular flexibility index (Phi) is 6.41. The Hall–Kier alpha value is -1.52. The molecule has 8 nitrogen and oxygen atoms in total. The molecule has 0 aliphatic carbocycles. The molecule has 2 rings (SSSR count). The van der Waals surface area contributed by atoms with Crippen LogP contribution in [0.5, 0.6) is 0 Å². The lowest BCUT2D eigenvalue weighted by atomic mass is 10.1. The lowest BCUT2D eigenvalue weighted by molar-refractivity contribution is 0.0718. The summed E-state index contributed by atoms with van der Waals surface area (Å²) in [4.78, 5) is 14.4. The molecule has 2 unspecified atom stereocenters. The van der Waals surface area contributed by atoms with Crippen LogP contribution in [0.25, 0.3) is 0 Å². The molecule has 1 amide bonds. The van der Waals surface area contributed by atoms with E-state index in [0.717, 1.165) is 10.00 Å². The van der Waals surface area contributed by atoms with Crippen molar-refractivity contribution >= 4 is 16.1 Å². The lowest BCUT2D eigenvalue weighted by Gasteiger charge is -2.25. The molecule has 0 spiro atoms. The Balaban J connectivity index is 2.21. The second-order valence-corrected chi connectivity index (χ2v) is 8.97. The molecule has 1 aromatic rings. The number of rotatable bonds is 7. The Labute approximate surface area is 154 Å². The first kappa shape index (κ1) is 20.8. The molecular formula is C16H28FN5O3S. The minimum atomic E-state index is -3.63. The van der Waals surface area contributed by atoms with Crippen LogP contribution in [0.2, 0.25) is 0 Å². The average Bonchev–Trinajstić information content (AvgIpc) is 3.15. The van der Waals surface area contributed by atoms with Crippen LogP contribution < -0.4 is 4.72 Å². The summed E-state index contributed by atoms with van der Waals surface area (Å²) in [7, 11) is -0.816. The minimum Gasteiger partial charge on any atom is -0.330 e. The van der Waals surface area contributed by atoms with Crippen molar-refractivity contribution in [1.82, 2.24) is 23.7 Å². The van der Waals surface area contributed by atoms with Crippen molar-refractivity contribution in [1.29, 1.82) is 0 Å². The maximum absolute atomic E-state index is 14.0. The summed E-state index contributed by atoms with van der Waals surface area (Å²) >= 11 is 0. The van der Waals surface area contributed by atoms with Gasteiger partial charge in [0.05, 0.1) is 12.2 Å². The smallest absolute Gasteiger partial charge is 0.279 e. The van der Waals surface area contributed by atoms with E-state index < -0.39 is 22.4 Å². The molecule has 26 heavy (non-hydrogen) atoms. The predicted octanol–water partition coefficient (Wildman–Crippen LogP) is 0.975. The predicted molar refractivity (Wildman–Crippen MR) is 96.9 cm³/mol. The number of nitrogens with zero attached hydrogens (tertiary/aromatic N) is 4. The van der Waals surface area contributed by atoms with Gasteiger partial charge in [-0.05, 0) is 18.9 Å². The van der Waals surface area contributed by atoms with Crippen LogP contribution in [0.3, 0.4) is 0 Å². The lowest BCUT2D eigenvalue weighted by Crippen LogP contribution is -2.46. The summed E-state index contributed by atoms with van der Waals surface area (Å²) in [5.74, 6) is -0.148. The van der Waals surface area contributed by atoms with E-state index in [9.17, 15) is 17.6 Å². The minimum absolute atomic E-state index is 0.0238. The van der Waals surface area contributed by atoms with Crippen LogP contribution in [0.4, 0.5) is 4.39 Å². The molecule has 0 aromatic carbocycles. The van der Waals surface area contributed by atoms with Gasteiger partial charge in [-0.2, -0.15) is 17.8 Å². The van der Waals surface area contributed by atoms with Crippen molar-refractivity contribution in [2.24, 2.45) is 0 Å². The third-order valence-corrected chi connectivity index (χ3v) is 6.01. The highest BCUT2D eigenvalue weighted by Gasteiger charge is 2.37. The molecule has 1 aliphatic heterocycles. The monoisotopic (exact) mass is 389 g/mol. The molecule has 10 heteroatoms. The maximum atomic E-state index is 14.0. The van der Waals surface area contributed by atoms with Gasteiger partial charge in [-0.3, -0.25) is 9.48 Å². The Bertz CT molecular complexity index is 747. The molecule has 0 radical (unpaired) electrons.